The van der Waals surface area contributed by atoms with Crippen LogP contribution < -0.4 is 5.73 Å². The lowest BCUT2D eigenvalue weighted by molar-refractivity contribution is 0.536. The zero-order valence-electron chi connectivity index (χ0n) is 7.89. The van der Waals surface area contributed by atoms with Gasteiger partial charge in [-0.2, -0.15) is 0 Å². The fraction of sp³-hybridized carbons (Fsp3) is 0.455. The second-order valence-corrected chi connectivity index (χ2v) is 3.94. The van der Waals surface area contributed by atoms with Crippen LogP contribution in [0.3, 0.4) is 0 Å². The fourth-order valence-corrected chi connectivity index (χ4v) is 1.99. The highest BCUT2D eigenvalue weighted by atomic mass is 19.1. The molecule has 0 heterocycles. The molecule has 1 aromatic rings. The van der Waals surface area contributed by atoms with Gasteiger partial charge in [0.25, 0.3) is 0 Å². The van der Waals surface area contributed by atoms with E-state index in [1.165, 1.54) is 12.1 Å². The number of hydrogen-bond acceptors (Lipinski definition) is 1. The van der Waals surface area contributed by atoms with Gasteiger partial charge in [0.2, 0.25) is 0 Å². The summed E-state index contributed by atoms with van der Waals surface area (Å²) >= 11 is 0. The van der Waals surface area contributed by atoms with E-state index < -0.39 is 0 Å². The molecule has 2 rings (SSSR count). The van der Waals surface area contributed by atoms with Gasteiger partial charge in [-0.05, 0) is 55.0 Å². The molecule has 1 saturated carbocycles. The molecular weight excluding hydrogens is 184 g/mol. The Morgan fingerprint density at radius 2 is 2.00 bits per heavy atom. The highest BCUT2D eigenvalue weighted by Crippen LogP contribution is 2.51. The molecule has 0 radical (unpaired) electrons. The Hall–Kier alpha value is -0.960. The quantitative estimate of drug-likeness (QED) is 0.790. The van der Waals surface area contributed by atoms with Gasteiger partial charge < -0.3 is 5.73 Å². The number of nitrogens with two attached hydrogens (primary N) is 1. The van der Waals surface area contributed by atoms with Crippen molar-refractivity contribution in [2.24, 2.45) is 5.73 Å². The van der Waals surface area contributed by atoms with Gasteiger partial charge in [-0.15, -0.1) is 0 Å². The normalized spacial score (nSPS) is 18.2. The molecule has 0 atom stereocenters. The first kappa shape index (κ1) is 9.59. The van der Waals surface area contributed by atoms with Gasteiger partial charge in [-0.1, -0.05) is 0 Å². The minimum absolute atomic E-state index is 0.166. The third-order valence-electron chi connectivity index (χ3n) is 2.98. The second-order valence-electron chi connectivity index (χ2n) is 3.94. The van der Waals surface area contributed by atoms with E-state index in [-0.39, 0.29) is 17.0 Å². The maximum atomic E-state index is 13.4. The van der Waals surface area contributed by atoms with Crippen LogP contribution >= 0.6 is 0 Å². The lowest BCUT2D eigenvalue weighted by atomic mass is 9.92. The predicted molar refractivity (Wildman–Crippen MR) is 50.9 cm³/mol. The Morgan fingerprint density at radius 1 is 1.29 bits per heavy atom. The van der Waals surface area contributed by atoms with Gasteiger partial charge in [-0.25, -0.2) is 8.78 Å². The summed E-state index contributed by atoms with van der Waals surface area (Å²) in [4.78, 5) is 0. The van der Waals surface area contributed by atoms with Crippen molar-refractivity contribution in [2.75, 3.05) is 6.54 Å². The first-order valence-corrected chi connectivity index (χ1v) is 4.83. The molecule has 3 heteroatoms. The molecule has 0 aromatic heterocycles. The molecule has 0 saturated heterocycles. The number of benzene rings is 1. The van der Waals surface area contributed by atoms with E-state index in [2.05, 4.69) is 0 Å². The van der Waals surface area contributed by atoms with Crippen molar-refractivity contribution in [3.63, 3.8) is 0 Å². The fourth-order valence-electron chi connectivity index (χ4n) is 1.99. The zero-order chi connectivity index (χ0) is 10.2. The molecule has 0 spiro atoms. The Labute approximate surface area is 81.9 Å². The minimum atomic E-state index is -0.371. The molecule has 0 unspecified atom stereocenters. The molecule has 1 aromatic carbocycles. The monoisotopic (exact) mass is 197 g/mol. The van der Waals surface area contributed by atoms with Crippen LogP contribution in [0, 0.1) is 11.6 Å². The molecule has 1 fully saturated rings. The van der Waals surface area contributed by atoms with Crippen molar-refractivity contribution in [1.82, 2.24) is 0 Å². The van der Waals surface area contributed by atoms with E-state index in [0.717, 1.165) is 25.3 Å². The largest absolute Gasteiger partial charge is 0.330 e. The van der Waals surface area contributed by atoms with Gasteiger partial charge in [-0.3, -0.25) is 0 Å². The third-order valence-corrected chi connectivity index (χ3v) is 2.98. The molecule has 14 heavy (non-hydrogen) atoms. The van der Waals surface area contributed by atoms with Crippen LogP contribution in [0.25, 0.3) is 0 Å². The third kappa shape index (κ3) is 1.52. The average Bonchev–Trinajstić information content (AvgIpc) is 2.91. The van der Waals surface area contributed by atoms with Crippen LogP contribution in [-0.4, -0.2) is 6.54 Å². The summed E-state index contributed by atoms with van der Waals surface area (Å²) in [5.74, 6) is -0.679. The van der Waals surface area contributed by atoms with Crippen molar-refractivity contribution >= 4 is 0 Å². The summed E-state index contributed by atoms with van der Waals surface area (Å²) in [5, 5.41) is 0. The summed E-state index contributed by atoms with van der Waals surface area (Å²) in [6.07, 6.45) is 2.59. The molecule has 1 aliphatic rings. The van der Waals surface area contributed by atoms with Crippen LogP contribution in [0.15, 0.2) is 18.2 Å². The highest BCUT2D eigenvalue weighted by Gasteiger charge is 2.45. The van der Waals surface area contributed by atoms with Gasteiger partial charge in [0.15, 0.2) is 0 Å². The summed E-state index contributed by atoms with van der Waals surface area (Å²) in [6, 6.07) is 3.65. The second kappa shape index (κ2) is 3.31. The topological polar surface area (TPSA) is 26.0 Å². The molecule has 0 amide bonds. The Balaban J connectivity index is 2.35. The van der Waals surface area contributed by atoms with Crippen LogP contribution in [0.1, 0.15) is 24.8 Å². The Bertz CT molecular complexity index is 345. The molecule has 76 valence electrons. The van der Waals surface area contributed by atoms with Crippen LogP contribution in [0.2, 0.25) is 0 Å². The first-order chi connectivity index (χ1) is 6.68. The number of rotatable bonds is 3. The van der Waals surface area contributed by atoms with Crippen molar-refractivity contribution in [3.8, 4) is 0 Å². The molecule has 0 aliphatic heterocycles. The summed E-state index contributed by atoms with van der Waals surface area (Å²) in [7, 11) is 0. The zero-order valence-corrected chi connectivity index (χ0v) is 7.89. The molecule has 1 aliphatic carbocycles. The SMILES string of the molecule is NCCC1(c2cc(F)ccc2F)CC1. The van der Waals surface area contributed by atoms with E-state index in [4.69, 9.17) is 5.73 Å². The maximum Gasteiger partial charge on any atom is 0.127 e. The lowest BCUT2D eigenvalue weighted by Crippen LogP contribution is -2.15. The van der Waals surface area contributed by atoms with Crippen molar-refractivity contribution in [3.05, 3.63) is 35.4 Å². The van der Waals surface area contributed by atoms with E-state index >= 15 is 0 Å². The lowest BCUT2D eigenvalue weighted by Gasteiger charge is -2.15. The maximum absolute atomic E-state index is 13.4. The minimum Gasteiger partial charge on any atom is -0.330 e. The first-order valence-electron chi connectivity index (χ1n) is 4.83. The van der Waals surface area contributed by atoms with E-state index in [9.17, 15) is 8.78 Å². The van der Waals surface area contributed by atoms with Gasteiger partial charge >= 0.3 is 0 Å². The molecule has 1 nitrogen and oxygen atoms in total. The highest BCUT2D eigenvalue weighted by molar-refractivity contribution is 5.33. The molecule has 0 bridgehead atoms. The van der Waals surface area contributed by atoms with Crippen LogP contribution in [0.5, 0.6) is 0 Å². The Kier molecular flexibility index (Phi) is 2.27. The molecular formula is C11H13F2N. The summed E-state index contributed by atoms with van der Waals surface area (Å²) < 4.78 is 26.4. The van der Waals surface area contributed by atoms with Crippen molar-refractivity contribution in [2.45, 2.75) is 24.7 Å². The summed E-state index contributed by atoms with van der Waals surface area (Å²) in [6.45, 7) is 0.524. The number of halogens is 2. The van der Waals surface area contributed by atoms with Crippen molar-refractivity contribution in [1.29, 1.82) is 0 Å². The smallest absolute Gasteiger partial charge is 0.127 e. The standard InChI is InChI=1S/C11H13F2N/c12-8-1-2-10(13)9(7-8)11(3-4-11)5-6-14/h1-2,7H,3-6,14H2. The Morgan fingerprint density at radius 3 is 2.57 bits per heavy atom. The average molecular weight is 197 g/mol. The molecule has 2 N–H and O–H groups in total. The van der Waals surface area contributed by atoms with Crippen LogP contribution in [0.4, 0.5) is 8.78 Å². The van der Waals surface area contributed by atoms with Crippen molar-refractivity contribution < 1.29 is 8.78 Å². The van der Waals surface area contributed by atoms with Crippen LogP contribution in [-0.2, 0) is 5.41 Å². The van der Waals surface area contributed by atoms with E-state index in [1.54, 1.807) is 0 Å². The van der Waals surface area contributed by atoms with E-state index in [1.807, 2.05) is 0 Å². The summed E-state index contributed by atoms with van der Waals surface area (Å²) in [5.41, 5.74) is 5.80. The van der Waals surface area contributed by atoms with Gasteiger partial charge in [0.1, 0.15) is 11.6 Å². The predicted octanol–water partition coefficient (Wildman–Crippen LogP) is 2.35. The van der Waals surface area contributed by atoms with Gasteiger partial charge in [0, 0.05) is 0 Å². The number of hydrogen-bond donors (Lipinski definition) is 1. The van der Waals surface area contributed by atoms with Gasteiger partial charge in [0.05, 0.1) is 0 Å². The van der Waals surface area contributed by atoms with E-state index in [0.29, 0.717) is 12.1 Å².